The Balaban J connectivity index is 1.17. The smallest absolute Gasteiger partial charge is 0.407 e. The average Bonchev–Trinajstić information content (AvgIpc) is 3.34. The Morgan fingerprint density at radius 1 is 1.09 bits per heavy atom. The number of ether oxygens (including phenoxy) is 1. The molecule has 2 aliphatic carbocycles. The molecule has 1 saturated carbocycles. The van der Waals surface area contributed by atoms with Crippen molar-refractivity contribution in [2.75, 3.05) is 6.61 Å². The van der Waals surface area contributed by atoms with Crippen molar-refractivity contribution in [3.63, 3.8) is 0 Å². The largest absolute Gasteiger partial charge is 0.481 e. The Kier molecular flexibility index (Phi) is 5.76. The molecule has 3 N–H and O–H groups in total. The van der Waals surface area contributed by atoms with Gasteiger partial charge < -0.3 is 20.5 Å². The standard InChI is InChI=1S/C26H26N4O5/c1-30-22(24(33)28-26(10-11-26)13-23(31)32)12-16(29-30)14-27-25(34)35-15-21-19-8-4-2-6-17(19)18-7-3-5-9-20(18)21/h2-9,12,21H,10-11,13-15H2,1H3,(H,27,34)(H,28,33)(H,31,32). The summed E-state index contributed by atoms with van der Waals surface area (Å²) in [6.07, 6.45) is 0.604. The maximum atomic E-state index is 12.6. The molecule has 0 aliphatic heterocycles. The van der Waals surface area contributed by atoms with E-state index in [1.54, 1.807) is 13.1 Å². The number of hydrogen-bond acceptors (Lipinski definition) is 5. The zero-order valence-corrected chi connectivity index (χ0v) is 19.3. The average molecular weight is 475 g/mol. The van der Waals surface area contributed by atoms with Crippen LogP contribution in [0, 0.1) is 0 Å². The fraction of sp³-hybridized carbons (Fsp3) is 0.308. The molecule has 5 rings (SSSR count). The quantitative estimate of drug-likeness (QED) is 0.461. The lowest BCUT2D eigenvalue weighted by atomic mass is 9.98. The van der Waals surface area contributed by atoms with Gasteiger partial charge in [0.05, 0.1) is 24.2 Å². The third-order valence-corrected chi connectivity index (χ3v) is 6.64. The molecule has 0 saturated heterocycles. The Morgan fingerprint density at radius 2 is 1.71 bits per heavy atom. The zero-order valence-electron chi connectivity index (χ0n) is 19.3. The first-order valence-electron chi connectivity index (χ1n) is 11.5. The van der Waals surface area contributed by atoms with Crippen molar-refractivity contribution in [1.82, 2.24) is 20.4 Å². The van der Waals surface area contributed by atoms with Crippen LogP contribution in [-0.4, -0.2) is 45.0 Å². The number of benzene rings is 2. The molecule has 2 amide bonds. The van der Waals surface area contributed by atoms with Gasteiger partial charge in [0.2, 0.25) is 0 Å². The molecular formula is C26H26N4O5. The lowest BCUT2D eigenvalue weighted by molar-refractivity contribution is -0.137. The second-order valence-corrected chi connectivity index (χ2v) is 9.13. The molecule has 1 aromatic heterocycles. The van der Waals surface area contributed by atoms with Gasteiger partial charge in [-0.25, -0.2) is 4.79 Å². The van der Waals surface area contributed by atoms with Gasteiger partial charge in [0, 0.05) is 13.0 Å². The first-order chi connectivity index (χ1) is 16.8. The van der Waals surface area contributed by atoms with Crippen LogP contribution in [0.4, 0.5) is 4.79 Å². The van der Waals surface area contributed by atoms with Gasteiger partial charge in [-0.15, -0.1) is 0 Å². The lowest BCUT2D eigenvalue weighted by Crippen LogP contribution is -2.39. The van der Waals surface area contributed by atoms with E-state index in [0.717, 1.165) is 22.3 Å². The molecule has 9 heteroatoms. The van der Waals surface area contributed by atoms with E-state index in [-0.39, 0.29) is 31.4 Å². The second-order valence-electron chi connectivity index (χ2n) is 9.13. The van der Waals surface area contributed by atoms with E-state index in [4.69, 9.17) is 9.84 Å². The van der Waals surface area contributed by atoms with Gasteiger partial charge in [-0.3, -0.25) is 14.3 Å². The minimum absolute atomic E-state index is 0.0288. The number of nitrogens with one attached hydrogen (secondary N) is 2. The van der Waals surface area contributed by atoms with Crippen LogP contribution in [0.1, 0.15) is 52.5 Å². The molecule has 0 spiro atoms. The molecule has 9 nitrogen and oxygen atoms in total. The molecule has 3 aromatic rings. The van der Waals surface area contributed by atoms with Crippen molar-refractivity contribution < 1.29 is 24.2 Å². The van der Waals surface area contributed by atoms with Crippen LogP contribution in [0.2, 0.25) is 0 Å². The number of amides is 2. The van der Waals surface area contributed by atoms with E-state index in [9.17, 15) is 14.4 Å². The summed E-state index contributed by atoms with van der Waals surface area (Å²) in [4.78, 5) is 36.1. The van der Waals surface area contributed by atoms with Crippen LogP contribution in [0.25, 0.3) is 11.1 Å². The maximum Gasteiger partial charge on any atom is 0.407 e. The maximum absolute atomic E-state index is 12.6. The van der Waals surface area contributed by atoms with Crippen LogP contribution < -0.4 is 10.6 Å². The third kappa shape index (κ3) is 4.62. The number of carboxylic acids is 1. The topological polar surface area (TPSA) is 123 Å². The van der Waals surface area contributed by atoms with Crippen molar-refractivity contribution in [3.05, 3.63) is 77.1 Å². The van der Waals surface area contributed by atoms with Crippen molar-refractivity contribution in [2.45, 2.75) is 37.3 Å². The van der Waals surface area contributed by atoms with Crippen molar-refractivity contribution in [2.24, 2.45) is 7.05 Å². The summed E-state index contributed by atoms with van der Waals surface area (Å²) in [5.41, 5.74) is 4.71. The number of rotatable bonds is 8. The molecule has 0 unspecified atom stereocenters. The van der Waals surface area contributed by atoms with Gasteiger partial charge in [-0.2, -0.15) is 5.10 Å². The molecule has 2 aliphatic rings. The number of aryl methyl sites for hydroxylation is 1. The summed E-state index contributed by atoms with van der Waals surface area (Å²) < 4.78 is 6.96. The van der Waals surface area contributed by atoms with Crippen LogP contribution >= 0.6 is 0 Å². The van der Waals surface area contributed by atoms with Gasteiger partial charge in [0.25, 0.3) is 5.91 Å². The molecule has 180 valence electrons. The predicted molar refractivity (Wildman–Crippen MR) is 127 cm³/mol. The predicted octanol–water partition coefficient (Wildman–Crippen LogP) is 3.20. The van der Waals surface area contributed by atoms with Gasteiger partial charge in [0.1, 0.15) is 12.3 Å². The normalized spacial score (nSPS) is 15.1. The number of nitrogens with zero attached hydrogens (tertiary/aromatic N) is 2. The van der Waals surface area contributed by atoms with E-state index >= 15 is 0 Å². The molecule has 0 atom stereocenters. The Morgan fingerprint density at radius 3 is 2.31 bits per heavy atom. The first kappa shape index (κ1) is 22.6. The van der Waals surface area contributed by atoms with Crippen LogP contribution in [0.3, 0.4) is 0 Å². The number of aliphatic carboxylic acids is 1. The summed E-state index contributed by atoms with van der Waals surface area (Å²) in [6, 6.07) is 17.8. The number of fused-ring (bicyclic) bond motifs is 3. The van der Waals surface area contributed by atoms with Crippen molar-refractivity contribution in [3.8, 4) is 11.1 Å². The first-order valence-corrected chi connectivity index (χ1v) is 11.5. The minimum atomic E-state index is -0.944. The second kappa shape index (κ2) is 8.90. The third-order valence-electron chi connectivity index (χ3n) is 6.64. The van der Waals surface area contributed by atoms with E-state index in [1.165, 1.54) is 4.68 Å². The number of carboxylic acid groups (broad SMARTS) is 1. The number of alkyl carbamates (subject to hydrolysis) is 1. The Labute approximate surface area is 202 Å². The number of carbonyl (C=O) groups is 3. The lowest BCUT2D eigenvalue weighted by Gasteiger charge is -2.14. The number of carbonyl (C=O) groups excluding carboxylic acids is 2. The molecular weight excluding hydrogens is 448 g/mol. The van der Waals surface area contributed by atoms with Crippen molar-refractivity contribution in [1.29, 1.82) is 0 Å². The summed E-state index contributed by atoms with van der Waals surface area (Å²) >= 11 is 0. The van der Waals surface area contributed by atoms with E-state index in [1.807, 2.05) is 24.3 Å². The van der Waals surface area contributed by atoms with Crippen molar-refractivity contribution >= 4 is 18.0 Å². The van der Waals surface area contributed by atoms with Gasteiger partial charge in [0.15, 0.2) is 0 Å². The zero-order chi connectivity index (χ0) is 24.6. The van der Waals surface area contributed by atoms with Gasteiger partial charge in [-0.1, -0.05) is 48.5 Å². The highest BCUT2D eigenvalue weighted by Gasteiger charge is 2.46. The fourth-order valence-electron chi connectivity index (χ4n) is 4.73. The molecule has 2 aromatic carbocycles. The highest BCUT2D eigenvalue weighted by molar-refractivity contribution is 5.94. The minimum Gasteiger partial charge on any atom is -0.481 e. The fourth-order valence-corrected chi connectivity index (χ4v) is 4.73. The molecule has 1 heterocycles. The number of aromatic nitrogens is 2. The Hall–Kier alpha value is -4.14. The summed E-state index contributed by atoms with van der Waals surface area (Å²) in [5, 5.41) is 18.8. The van der Waals surface area contributed by atoms with E-state index in [0.29, 0.717) is 24.2 Å². The van der Waals surface area contributed by atoms with Crippen LogP contribution in [0.15, 0.2) is 54.6 Å². The highest BCUT2D eigenvalue weighted by atomic mass is 16.5. The van der Waals surface area contributed by atoms with E-state index in [2.05, 4.69) is 40.0 Å². The summed E-state index contributed by atoms with van der Waals surface area (Å²) in [6.45, 7) is 0.305. The van der Waals surface area contributed by atoms with Gasteiger partial charge in [-0.05, 0) is 41.2 Å². The SMILES string of the molecule is Cn1nc(CNC(=O)OCC2c3ccccc3-c3ccccc32)cc1C(=O)NC1(CC(=O)O)CC1. The highest BCUT2D eigenvalue weighted by Crippen LogP contribution is 2.44. The molecule has 0 radical (unpaired) electrons. The summed E-state index contributed by atoms with van der Waals surface area (Å²) in [5.74, 6) is -1.36. The van der Waals surface area contributed by atoms with E-state index < -0.39 is 17.6 Å². The summed E-state index contributed by atoms with van der Waals surface area (Å²) in [7, 11) is 1.63. The Bertz CT molecular complexity index is 1270. The monoisotopic (exact) mass is 474 g/mol. The van der Waals surface area contributed by atoms with Gasteiger partial charge >= 0.3 is 12.1 Å². The molecule has 0 bridgehead atoms. The van der Waals surface area contributed by atoms with Crippen LogP contribution in [0.5, 0.6) is 0 Å². The number of hydrogen-bond donors (Lipinski definition) is 3. The molecule has 1 fully saturated rings. The molecule has 35 heavy (non-hydrogen) atoms. The van der Waals surface area contributed by atoms with Crippen LogP contribution in [-0.2, 0) is 23.1 Å².